The fraction of sp³-hybridized carbons (Fsp3) is 0.222. The number of para-hydroxylation sites is 2. The van der Waals surface area contributed by atoms with Crippen molar-refractivity contribution in [2.75, 3.05) is 0 Å². The van der Waals surface area contributed by atoms with Crippen LogP contribution in [0, 0.1) is 0 Å². The van der Waals surface area contributed by atoms with Crippen LogP contribution < -0.4 is 10.1 Å². The van der Waals surface area contributed by atoms with Gasteiger partial charge in [0, 0.05) is 19.4 Å². The number of hydrogen-bond acceptors (Lipinski definition) is 3. The first-order valence-corrected chi connectivity index (χ1v) is 7.94. The molecule has 0 saturated carbocycles. The van der Waals surface area contributed by atoms with Gasteiger partial charge < -0.3 is 15.0 Å². The fourth-order valence-corrected chi connectivity index (χ4v) is 2.45. The number of rotatable bonds is 6. The lowest BCUT2D eigenvalue weighted by atomic mass is 10.2. The Morgan fingerprint density at radius 3 is 2.54 bits per heavy atom. The van der Waals surface area contributed by atoms with Gasteiger partial charge in [0.15, 0.2) is 0 Å². The highest BCUT2D eigenvalue weighted by molar-refractivity contribution is 5.77. The molecule has 3 aromatic rings. The Balaban J connectivity index is 1.46. The van der Waals surface area contributed by atoms with Crippen molar-refractivity contribution < 1.29 is 22.7 Å². The number of alkyl halides is 3. The maximum absolute atomic E-state index is 12.1. The molecule has 0 saturated heterocycles. The SMILES string of the molecule is O=C(CCc1nc2ccccc2[nH]1)NCc1ccc(OC(F)(F)F)cc1. The molecule has 2 aromatic carbocycles. The number of nitrogens with zero attached hydrogens (tertiary/aromatic N) is 1. The Hall–Kier alpha value is -3.03. The molecule has 0 spiro atoms. The van der Waals surface area contributed by atoms with Crippen LogP contribution in [0.4, 0.5) is 13.2 Å². The third-order valence-electron chi connectivity index (χ3n) is 3.67. The quantitative estimate of drug-likeness (QED) is 0.702. The number of benzene rings is 2. The number of carbonyl (C=O) groups is 1. The third-order valence-corrected chi connectivity index (χ3v) is 3.67. The lowest BCUT2D eigenvalue weighted by molar-refractivity contribution is -0.274. The van der Waals surface area contributed by atoms with Crippen LogP contribution in [-0.4, -0.2) is 22.2 Å². The molecule has 3 rings (SSSR count). The van der Waals surface area contributed by atoms with E-state index in [4.69, 9.17) is 0 Å². The van der Waals surface area contributed by atoms with Crippen LogP contribution in [0.1, 0.15) is 17.8 Å². The summed E-state index contributed by atoms with van der Waals surface area (Å²) < 4.78 is 40.1. The molecule has 5 nitrogen and oxygen atoms in total. The Bertz CT molecular complexity index is 856. The molecular formula is C18H16F3N3O2. The molecular weight excluding hydrogens is 347 g/mol. The molecule has 0 unspecified atom stereocenters. The molecule has 0 aliphatic rings. The summed E-state index contributed by atoms with van der Waals surface area (Å²) in [5, 5.41) is 2.73. The lowest BCUT2D eigenvalue weighted by Gasteiger charge is -2.09. The first kappa shape index (κ1) is 17.8. The molecule has 0 bridgehead atoms. The van der Waals surface area contributed by atoms with Crippen LogP contribution in [0.5, 0.6) is 5.75 Å². The van der Waals surface area contributed by atoms with E-state index < -0.39 is 6.36 Å². The second-order valence-electron chi connectivity index (χ2n) is 5.67. The van der Waals surface area contributed by atoms with E-state index in [0.29, 0.717) is 12.0 Å². The van der Waals surface area contributed by atoms with Crippen molar-refractivity contribution in [2.24, 2.45) is 0 Å². The summed E-state index contributed by atoms with van der Waals surface area (Å²) >= 11 is 0. The molecule has 1 aromatic heterocycles. The maximum atomic E-state index is 12.1. The van der Waals surface area contributed by atoms with Crippen LogP contribution in [0.2, 0.25) is 0 Å². The second kappa shape index (κ2) is 7.47. The average molecular weight is 363 g/mol. The smallest absolute Gasteiger partial charge is 0.406 e. The zero-order valence-electron chi connectivity index (χ0n) is 13.6. The minimum atomic E-state index is -4.72. The highest BCUT2D eigenvalue weighted by Crippen LogP contribution is 2.22. The summed E-state index contributed by atoms with van der Waals surface area (Å²) in [4.78, 5) is 19.5. The minimum absolute atomic E-state index is 0.166. The number of ether oxygens (including phenoxy) is 1. The number of aromatic amines is 1. The number of halogens is 3. The summed E-state index contributed by atoms with van der Waals surface area (Å²) in [7, 11) is 0. The molecule has 8 heteroatoms. The molecule has 1 amide bonds. The number of amides is 1. The fourth-order valence-electron chi connectivity index (χ4n) is 2.45. The first-order valence-electron chi connectivity index (χ1n) is 7.94. The normalized spacial score (nSPS) is 11.5. The zero-order chi connectivity index (χ0) is 18.6. The molecule has 1 heterocycles. The van der Waals surface area contributed by atoms with Gasteiger partial charge in [-0.1, -0.05) is 24.3 Å². The number of hydrogen-bond donors (Lipinski definition) is 2. The zero-order valence-corrected chi connectivity index (χ0v) is 13.6. The monoisotopic (exact) mass is 363 g/mol. The van der Waals surface area contributed by atoms with Gasteiger partial charge in [0.1, 0.15) is 11.6 Å². The Kier molecular flexibility index (Phi) is 5.11. The first-order chi connectivity index (χ1) is 12.4. The summed E-state index contributed by atoms with van der Waals surface area (Å²) in [5.41, 5.74) is 2.45. The topological polar surface area (TPSA) is 67.0 Å². The number of nitrogens with one attached hydrogen (secondary N) is 2. The summed E-state index contributed by atoms with van der Waals surface area (Å²) in [6.45, 7) is 0.227. The summed E-state index contributed by atoms with van der Waals surface area (Å²) in [6.07, 6.45) is -3.99. The number of H-pyrrole nitrogens is 1. The van der Waals surface area contributed by atoms with Crippen molar-refractivity contribution in [3.63, 3.8) is 0 Å². The van der Waals surface area contributed by atoms with E-state index in [2.05, 4.69) is 20.0 Å². The molecule has 136 valence electrons. The van der Waals surface area contributed by atoms with E-state index >= 15 is 0 Å². The van der Waals surface area contributed by atoms with Crippen molar-refractivity contribution >= 4 is 16.9 Å². The van der Waals surface area contributed by atoms with E-state index in [9.17, 15) is 18.0 Å². The van der Waals surface area contributed by atoms with Gasteiger partial charge in [0.05, 0.1) is 11.0 Å². The average Bonchev–Trinajstić information content (AvgIpc) is 3.01. The molecule has 26 heavy (non-hydrogen) atoms. The van der Waals surface area contributed by atoms with Crippen LogP contribution in [0.3, 0.4) is 0 Å². The number of carbonyl (C=O) groups excluding carboxylic acids is 1. The number of aryl methyl sites for hydroxylation is 1. The van der Waals surface area contributed by atoms with Gasteiger partial charge in [-0.25, -0.2) is 4.98 Å². The van der Waals surface area contributed by atoms with Crippen molar-refractivity contribution in [1.29, 1.82) is 0 Å². The van der Waals surface area contributed by atoms with Gasteiger partial charge in [-0.05, 0) is 29.8 Å². The molecule has 0 atom stereocenters. The van der Waals surface area contributed by atoms with Crippen molar-refractivity contribution in [3.8, 4) is 5.75 Å². The van der Waals surface area contributed by atoms with E-state index in [-0.39, 0.29) is 24.6 Å². The van der Waals surface area contributed by atoms with Crippen molar-refractivity contribution in [3.05, 3.63) is 59.9 Å². The summed E-state index contributed by atoms with van der Waals surface area (Å²) in [5.74, 6) is 0.272. The van der Waals surface area contributed by atoms with Crippen LogP contribution in [0.15, 0.2) is 48.5 Å². The van der Waals surface area contributed by atoms with Crippen LogP contribution in [-0.2, 0) is 17.8 Å². The van der Waals surface area contributed by atoms with Gasteiger partial charge in [-0.15, -0.1) is 13.2 Å². The molecule has 2 N–H and O–H groups in total. The van der Waals surface area contributed by atoms with E-state index in [1.165, 1.54) is 24.3 Å². The van der Waals surface area contributed by atoms with E-state index in [0.717, 1.165) is 16.9 Å². The highest BCUT2D eigenvalue weighted by atomic mass is 19.4. The summed E-state index contributed by atoms with van der Waals surface area (Å²) in [6, 6.07) is 13.0. The van der Waals surface area contributed by atoms with Crippen LogP contribution in [0.25, 0.3) is 11.0 Å². The van der Waals surface area contributed by atoms with Gasteiger partial charge >= 0.3 is 6.36 Å². The predicted octanol–water partition coefficient (Wildman–Crippen LogP) is 3.71. The molecule has 0 radical (unpaired) electrons. The van der Waals surface area contributed by atoms with E-state index in [1.807, 2.05) is 24.3 Å². The van der Waals surface area contributed by atoms with Crippen molar-refractivity contribution in [1.82, 2.24) is 15.3 Å². The standard InChI is InChI=1S/C18H16F3N3O2/c19-18(20,21)26-13-7-5-12(6-8-13)11-22-17(25)10-9-16-23-14-3-1-2-4-15(14)24-16/h1-8H,9-11H2,(H,22,25)(H,23,24). The highest BCUT2D eigenvalue weighted by Gasteiger charge is 2.30. The van der Waals surface area contributed by atoms with Gasteiger partial charge in [-0.3, -0.25) is 4.79 Å². The van der Waals surface area contributed by atoms with Gasteiger partial charge in [0.25, 0.3) is 0 Å². The number of imidazole rings is 1. The van der Waals surface area contributed by atoms with Crippen LogP contribution >= 0.6 is 0 Å². The second-order valence-corrected chi connectivity index (χ2v) is 5.67. The number of fused-ring (bicyclic) bond motifs is 1. The Morgan fingerprint density at radius 1 is 1.12 bits per heavy atom. The Morgan fingerprint density at radius 2 is 1.85 bits per heavy atom. The third kappa shape index (κ3) is 4.98. The predicted molar refractivity (Wildman–Crippen MR) is 89.4 cm³/mol. The molecule has 0 aliphatic heterocycles. The molecule has 0 fully saturated rings. The van der Waals surface area contributed by atoms with E-state index in [1.54, 1.807) is 0 Å². The van der Waals surface area contributed by atoms with Gasteiger partial charge in [-0.2, -0.15) is 0 Å². The maximum Gasteiger partial charge on any atom is 0.573 e. The minimum Gasteiger partial charge on any atom is -0.406 e. The molecule has 0 aliphatic carbocycles. The lowest BCUT2D eigenvalue weighted by Crippen LogP contribution is -2.23. The largest absolute Gasteiger partial charge is 0.573 e. The number of aromatic nitrogens is 2. The Labute approximate surface area is 147 Å². The van der Waals surface area contributed by atoms with Gasteiger partial charge in [0.2, 0.25) is 5.91 Å². The van der Waals surface area contributed by atoms with Crippen molar-refractivity contribution in [2.45, 2.75) is 25.7 Å².